The highest BCUT2D eigenvalue weighted by Gasteiger charge is 2.35. The van der Waals surface area contributed by atoms with Gasteiger partial charge in [0.2, 0.25) is 0 Å². The number of imide groups is 1. The van der Waals surface area contributed by atoms with Gasteiger partial charge in [0.05, 0.1) is 34.0 Å². The molecule has 2 aromatic rings. The molecule has 1 aliphatic rings. The van der Waals surface area contributed by atoms with Crippen molar-refractivity contribution in [2.75, 3.05) is 11.8 Å². The molecule has 0 saturated carbocycles. The predicted octanol–water partition coefficient (Wildman–Crippen LogP) is 1.33. The van der Waals surface area contributed by atoms with Crippen LogP contribution in [0, 0.1) is 5.21 Å². The predicted molar refractivity (Wildman–Crippen MR) is 99.3 cm³/mol. The number of nitrogens with one attached hydrogen (secondary N) is 1. The summed E-state index contributed by atoms with van der Waals surface area (Å²) in [5.41, 5.74) is 0.462. The van der Waals surface area contributed by atoms with Crippen LogP contribution in [0.2, 0.25) is 0 Å². The number of anilines is 1. The zero-order valence-corrected chi connectivity index (χ0v) is 15.4. The molecule has 0 unspecified atom stereocenters. The Morgan fingerprint density at radius 1 is 1.14 bits per heavy atom. The topological polar surface area (TPSA) is 142 Å². The van der Waals surface area contributed by atoms with Gasteiger partial charge in [-0.3, -0.25) is 19.7 Å². The van der Waals surface area contributed by atoms with Crippen molar-refractivity contribution in [3.8, 4) is 0 Å². The molecule has 11 heteroatoms. The first-order valence-corrected chi connectivity index (χ1v) is 9.45. The monoisotopic (exact) mass is 403 g/mol. The highest BCUT2D eigenvalue weighted by Crippen LogP contribution is 2.22. The number of fused-ring (bicyclic) bond motifs is 1. The molecule has 2 N–H and O–H groups in total. The summed E-state index contributed by atoms with van der Waals surface area (Å²) in [6.07, 6.45) is 0. The molecule has 0 spiro atoms. The van der Waals surface area contributed by atoms with E-state index in [4.69, 9.17) is 5.21 Å². The number of carbonyl (C=O) groups is 2. The summed E-state index contributed by atoms with van der Waals surface area (Å²) in [4.78, 5) is 27.3. The number of amides is 2. The van der Waals surface area contributed by atoms with Crippen molar-refractivity contribution in [1.82, 2.24) is 9.73 Å². The number of hydrogen-bond acceptors (Lipinski definition) is 8. The quantitative estimate of drug-likeness (QED) is 0.421. The van der Waals surface area contributed by atoms with Gasteiger partial charge in [-0.05, 0) is 37.3 Å². The molecule has 2 aromatic carbocycles. The fourth-order valence-electron chi connectivity index (χ4n) is 2.61. The number of hydrazone groups is 1. The van der Waals surface area contributed by atoms with Gasteiger partial charge in [0.1, 0.15) is 0 Å². The number of carbonyl (C=O) groups excluding carboxylic acids is 2. The Balaban J connectivity index is 1.74. The summed E-state index contributed by atoms with van der Waals surface area (Å²) in [6.45, 7) is 1.26. The zero-order valence-electron chi connectivity index (χ0n) is 14.6. The number of benzene rings is 2. The van der Waals surface area contributed by atoms with Gasteiger partial charge in [0.25, 0.3) is 21.8 Å². The van der Waals surface area contributed by atoms with Gasteiger partial charge < -0.3 is 10.4 Å². The maximum atomic E-state index is 12.3. The zero-order chi connectivity index (χ0) is 20.5. The van der Waals surface area contributed by atoms with Crippen molar-refractivity contribution in [2.24, 2.45) is 5.10 Å². The Morgan fingerprint density at radius 3 is 2.32 bits per heavy atom. The first kappa shape index (κ1) is 19.5. The second kappa shape index (κ2) is 7.38. The highest BCUT2D eigenvalue weighted by molar-refractivity contribution is 7.89. The third kappa shape index (κ3) is 3.71. The number of rotatable bonds is 6. The molecule has 0 aliphatic carbocycles. The first-order valence-electron chi connectivity index (χ1n) is 7.97. The van der Waals surface area contributed by atoms with Crippen LogP contribution in [-0.4, -0.2) is 42.6 Å². The second-order valence-corrected chi connectivity index (χ2v) is 7.61. The third-order valence-electron chi connectivity index (χ3n) is 3.97. The van der Waals surface area contributed by atoms with Gasteiger partial charge >= 0.3 is 0 Å². The smallest absolute Gasteiger partial charge is 0.276 e. The van der Waals surface area contributed by atoms with Crippen LogP contribution in [0.3, 0.4) is 0 Å². The van der Waals surface area contributed by atoms with E-state index in [0.717, 1.165) is 11.0 Å². The standard InChI is InChI=1S/C17H15N4O6S/c1-11(10-20-16(22)14-7-2-3-8-15(14)17(20)23)18-19-28(26,27)13-6-4-5-12(9-13)21(24)25/h2-9,19,24H,10H2,1H3/q-1/b18-11-. The normalized spacial score (nSPS) is 14.2. The average Bonchev–Trinajstić information content (AvgIpc) is 2.92. The molecule has 0 saturated heterocycles. The Labute approximate surface area is 160 Å². The van der Waals surface area contributed by atoms with Gasteiger partial charge in [0, 0.05) is 0 Å². The van der Waals surface area contributed by atoms with E-state index in [9.17, 15) is 23.2 Å². The van der Waals surface area contributed by atoms with Gasteiger partial charge in [-0.25, -0.2) is 4.83 Å². The summed E-state index contributed by atoms with van der Waals surface area (Å²) >= 11 is 0. The molecule has 28 heavy (non-hydrogen) atoms. The van der Waals surface area contributed by atoms with E-state index in [1.807, 2.05) is 4.83 Å². The second-order valence-electron chi connectivity index (χ2n) is 5.95. The van der Waals surface area contributed by atoms with E-state index in [1.54, 1.807) is 12.1 Å². The molecular formula is C17H15N4O6S-. The molecule has 146 valence electrons. The minimum atomic E-state index is -4.13. The van der Waals surface area contributed by atoms with Gasteiger partial charge in [-0.1, -0.05) is 18.2 Å². The molecule has 0 bridgehead atoms. The van der Waals surface area contributed by atoms with Crippen molar-refractivity contribution < 1.29 is 23.2 Å². The fourth-order valence-corrected chi connectivity index (χ4v) is 3.52. The molecule has 1 heterocycles. The van der Waals surface area contributed by atoms with Crippen LogP contribution in [-0.2, 0) is 10.0 Å². The third-order valence-corrected chi connectivity index (χ3v) is 5.18. The molecule has 2 amide bonds. The average molecular weight is 403 g/mol. The summed E-state index contributed by atoms with van der Waals surface area (Å²) in [5, 5.41) is 23.0. The molecule has 0 fully saturated rings. The minimum absolute atomic E-state index is 0.168. The van der Waals surface area contributed by atoms with E-state index in [0.29, 0.717) is 0 Å². The van der Waals surface area contributed by atoms with Crippen molar-refractivity contribution in [1.29, 1.82) is 0 Å². The van der Waals surface area contributed by atoms with E-state index >= 15 is 0 Å². The summed E-state index contributed by atoms with van der Waals surface area (Å²) in [7, 11) is -4.13. The fraction of sp³-hybridized carbons (Fsp3) is 0.118. The van der Waals surface area contributed by atoms with Crippen LogP contribution >= 0.6 is 0 Å². The molecule has 3 rings (SSSR count). The SMILES string of the molecule is C/C(CN1C(=O)c2ccccc2C1=O)=N/NS(=O)(=O)c1cccc(N([O-])O)c1. The molecule has 0 atom stereocenters. The Kier molecular flexibility index (Phi) is 5.14. The van der Waals surface area contributed by atoms with E-state index in [1.165, 1.54) is 37.3 Å². The Hall–Kier alpha value is -3.28. The lowest BCUT2D eigenvalue weighted by Crippen LogP contribution is -2.35. The van der Waals surface area contributed by atoms with Gasteiger partial charge in [-0.15, -0.1) is 0 Å². The molecule has 1 aliphatic heterocycles. The number of hydrogen-bond donors (Lipinski definition) is 2. The maximum Gasteiger partial charge on any atom is 0.276 e. The molecule has 10 nitrogen and oxygen atoms in total. The summed E-state index contributed by atoms with van der Waals surface area (Å²) < 4.78 is 24.6. The lowest BCUT2D eigenvalue weighted by Gasteiger charge is -2.21. The highest BCUT2D eigenvalue weighted by atomic mass is 32.2. The summed E-state index contributed by atoms with van der Waals surface area (Å²) in [5.74, 6) is -0.964. The van der Waals surface area contributed by atoms with Crippen LogP contribution < -0.4 is 10.1 Å². The van der Waals surface area contributed by atoms with Crippen LogP contribution in [0.15, 0.2) is 58.5 Å². The summed E-state index contributed by atoms with van der Waals surface area (Å²) in [6, 6.07) is 11.0. The number of sulfonamides is 1. The first-order chi connectivity index (χ1) is 13.2. The molecular weight excluding hydrogens is 388 g/mol. The number of nitrogens with zero attached hydrogens (tertiary/aromatic N) is 3. The van der Waals surface area contributed by atoms with E-state index in [-0.39, 0.29) is 34.0 Å². The van der Waals surface area contributed by atoms with Crippen LogP contribution in [0.25, 0.3) is 0 Å². The minimum Gasteiger partial charge on any atom is -0.733 e. The van der Waals surface area contributed by atoms with Crippen LogP contribution in [0.1, 0.15) is 27.6 Å². The van der Waals surface area contributed by atoms with Crippen LogP contribution in [0.5, 0.6) is 0 Å². The molecule has 0 radical (unpaired) electrons. The van der Waals surface area contributed by atoms with Crippen molar-refractivity contribution in [2.45, 2.75) is 11.8 Å². The van der Waals surface area contributed by atoms with Gasteiger partial charge in [0.15, 0.2) is 0 Å². The van der Waals surface area contributed by atoms with E-state index < -0.39 is 27.1 Å². The Bertz CT molecular complexity index is 1050. The molecule has 0 aromatic heterocycles. The Morgan fingerprint density at radius 2 is 1.75 bits per heavy atom. The maximum absolute atomic E-state index is 12.3. The lowest BCUT2D eigenvalue weighted by atomic mass is 10.1. The lowest BCUT2D eigenvalue weighted by molar-refractivity contribution is 0.0677. The van der Waals surface area contributed by atoms with Crippen molar-refractivity contribution in [3.05, 3.63) is 64.9 Å². The van der Waals surface area contributed by atoms with Crippen LogP contribution in [0.4, 0.5) is 5.69 Å². The van der Waals surface area contributed by atoms with Gasteiger partial charge in [-0.2, -0.15) is 13.5 Å². The largest absolute Gasteiger partial charge is 0.733 e. The van der Waals surface area contributed by atoms with E-state index in [2.05, 4.69) is 5.10 Å². The van der Waals surface area contributed by atoms with Crippen molar-refractivity contribution in [3.63, 3.8) is 0 Å². The van der Waals surface area contributed by atoms with Crippen molar-refractivity contribution >= 4 is 33.2 Å².